The number of benzene rings is 3. The fourth-order valence-electron chi connectivity index (χ4n) is 3.65. The summed E-state index contributed by atoms with van der Waals surface area (Å²) in [5.41, 5.74) is 6.59. The van der Waals surface area contributed by atoms with E-state index in [0.717, 1.165) is 22.3 Å². The molecule has 0 aliphatic carbocycles. The first-order chi connectivity index (χ1) is 12.5. The van der Waals surface area contributed by atoms with Gasteiger partial charge in [0, 0.05) is 27.2 Å². The number of hydrogen-bond acceptors (Lipinski definition) is 1. The Bertz CT molecular complexity index is 1080. The van der Waals surface area contributed by atoms with Crippen LogP contribution in [0.5, 0.6) is 5.75 Å². The van der Waals surface area contributed by atoms with E-state index in [4.69, 9.17) is 11.6 Å². The Hall–Kier alpha value is -2.71. The van der Waals surface area contributed by atoms with Gasteiger partial charge in [-0.1, -0.05) is 54.1 Å². The Morgan fingerprint density at radius 1 is 0.923 bits per heavy atom. The molecule has 2 nitrogen and oxygen atoms in total. The Labute approximate surface area is 158 Å². The monoisotopic (exact) mass is 361 g/mol. The number of H-pyrrole nitrogens is 1. The summed E-state index contributed by atoms with van der Waals surface area (Å²) < 4.78 is 0. The van der Waals surface area contributed by atoms with Crippen molar-refractivity contribution in [3.05, 3.63) is 99.7 Å². The van der Waals surface area contributed by atoms with Gasteiger partial charge in [-0.05, 0) is 54.8 Å². The van der Waals surface area contributed by atoms with Crippen LogP contribution in [0.4, 0.5) is 0 Å². The molecule has 4 aromatic rings. The number of halogens is 1. The van der Waals surface area contributed by atoms with Crippen molar-refractivity contribution in [2.45, 2.75) is 19.8 Å². The molecule has 1 unspecified atom stereocenters. The topological polar surface area (TPSA) is 36.0 Å². The molecule has 1 atom stereocenters. The predicted octanol–water partition coefficient (Wildman–Crippen LogP) is 6.32. The zero-order chi connectivity index (χ0) is 18.3. The number of fused-ring (bicyclic) bond motifs is 1. The Morgan fingerprint density at radius 2 is 1.65 bits per heavy atom. The van der Waals surface area contributed by atoms with Gasteiger partial charge in [-0.3, -0.25) is 0 Å². The molecule has 26 heavy (non-hydrogen) atoms. The number of para-hydroxylation sites is 1. The van der Waals surface area contributed by atoms with Crippen molar-refractivity contribution in [3.8, 4) is 5.75 Å². The molecule has 0 saturated carbocycles. The first kappa shape index (κ1) is 16.7. The van der Waals surface area contributed by atoms with Gasteiger partial charge in [0.15, 0.2) is 0 Å². The summed E-state index contributed by atoms with van der Waals surface area (Å²) in [7, 11) is 0. The second kappa shape index (κ2) is 6.54. The second-order valence-electron chi connectivity index (χ2n) is 6.76. The number of aryl methyl sites for hydroxylation is 2. The van der Waals surface area contributed by atoms with Crippen LogP contribution in [0.15, 0.2) is 66.7 Å². The van der Waals surface area contributed by atoms with E-state index < -0.39 is 0 Å². The van der Waals surface area contributed by atoms with Gasteiger partial charge < -0.3 is 10.1 Å². The van der Waals surface area contributed by atoms with E-state index in [1.54, 1.807) is 6.07 Å². The number of aromatic amines is 1. The third kappa shape index (κ3) is 2.87. The fourth-order valence-corrected chi connectivity index (χ4v) is 3.78. The van der Waals surface area contributed by atoms with E-state index in [1.165, 1.54) is 16.5 Å². The SMILES string of the molecule is Cc1ccc2c(C)c(C(c3ccc(Cl)cc3)c3ccccc3O)[nH]c2c1. The third-order valence-corrected chi connectivity index (χ3v) is 5.24. The fraction of sp³-hybridized carbons (Fsp3) is 0.130. The van der Waals surface area contributed by atoms with Crippen molar-refractivity contribution in [2.24, 2.45) is 0 Å². The number of nitrogens with one attached hydrogen (secondary N) is 1. The lowest BCUT2D eigenvalue weighted by Gasteiger charge is -2.19. The number of hydrogen-bond donors (Lipinski definition) is 2. The molecular weight excluding hydrogens is 342 g/mol. The van der Waals surface area contributed by atoms with Gasteiger partial charge in [0.1, 0.15) is 5.75 Å². The van der Waals surface area contributed by atoms with Crippen molar-refractivity contribution in [1.29, 1.82) is 0 Å². The molecule has 130 valence electrons. The maximum Gasteiger partial charge on any atom is 0.119 e. The molecule has 0 fully saturated rings. The highest BCUT2D eigenvalue weighted by Gasteiger charge is 2.24. The Kier molecular flexibility index (Phi) is 4.21. The zero-order valence-corrected chi connectivity index (χ0v) is 15.5. The van der Waals surface area contributed by atoms with Crippen LogP contribution in [-0.4, -0.2) is 10.1 Å². The lowest BCUT2D eigenvalue weighted by molar-refractivity contribution is 0.467. The summed E-state index contributed by atoms with van der Waals surface area (Å²) in [5.74, 6) is 0.197. The van der Waals surface area contributed by atoms with Crippen LogP contribution in [-0.2, 0) is 0 Å². The molecule has 2 N–H and O–H groups in total. The predicted molar refractivity (Wildman–Crippen MR) is 108 cm³/mol. The molecule has 3 heteroatoms. The Balaban J connectivity index is 1.98. The van der Waals surface area contributed by atoms with Crippen molar-refractivity contribution in [2.75, 3.05) is 0 Å². The summed E-state index contributed by atoms with van der Waals surface area (Å²) in [6.07, 6.45) is 0. The van der Waals surface area contributed by atoms with Crippen molar-refractivity contribution < 1.29 is 5.11 Å². The van der Waals surface area contributed by atoms with Crippen LogP contribution in [0, 0.1) is 13.8 Å². The standard InChI is InChI=1S/C23H20ClNO/c1-14-7-12-18-15(2)23(25-20(18)13-14)22(16-8-10-17(24)11-9-16)19-5-3-4-6-21(19)26/h3-13,22,25-26H,1-2H3. The highest BCUT2D eigenvalue weighted by Crippen LogP contribution is 2.39. The lowest BCUT2D eigenvalue weighted by atomic mass is 9.86. The highest BCUT2D eigenvalue weighted by atomic mass is 35.5. The maximum absolute atomic E-state index is 10.5. The molecular formula is C23H20ClNO. The number of aromatic nitrogens is 1. The number of phenols is 1. The van der Waals surface area contributed by atoms with Crippen LogP contribution >= 0.6 is 11.6 Å². The van der Waals surface area contributed by atoms with E-state index in [1.807, 2.05) is 42.5 Å². The third-order valence-electron chi connectivity index (χ3n) is 4.99. The molecule has 0 radical (unpaired) electrons. The van der Waals surface area contributed by atoms with Crippen LogP contribution in [0.25, 0.3) is 10.9 Å². The van der Waals surface area contributed by atoms with E-state index >= 15 is 0 Å². The van der Waals surface area contributed by atoms with Crippen molar-refractivity contribution >= 4 is 22.5 Å². The van der Waals surface area contributed by atoms with Crippen molar-refractivity contribution in [1.82, 2.24) is 4.98 Å². The molecule has 0 amide bonds. The van der Waals surface area contributed by atoms with Crippen molar-refractivity contribution in [3.63, 3.8) is 0 Å². The second-order valence-corrected chi connectivity index (χ2v) is 7.19. The van der Waals surface area contributed by atoms with Gasteiger partial charge in [0.2, 0.25) is 0 Å². The number of aromatic hydroxyl groups is 1. The zero-order valence-electron chi connectivity index (χ0n) is 14.8. The van der Waals surface area contributed by atoms with Crippen LogP contribution < -0.4 is 0 Å². The molecule has 4 rings (SSSR count). The number of phenolic OH excluding ortho intramolecular Hbond substituents is 1. The molecule has 0 spiro atoms. The molecule has 1 aromatic heterocycles. The van der Waals surface area contributed by atoms with E-state index in [-0.39, 0.29) is 5.92 Å². The van der Waals surface area contributed by atoms with Gasteiger partial charge >= 0.3 is 0 Å². The summed E-state index contributed by atoms with van der Waals surface area (Å²) in [6.45, 7) is 4.22. The van der Waals surface area contributed by atoms with E-state index in [2.05, 4.69) is 37.0 Å². The number of rotatable bonds is 3. The molecule has 0 aliphatic rings. The lowest BCUT2D eigenvalue weighted by Crippen LogP contribution is -2.05. The van der Waals surface area contributed by atoms with Gasteiger partial charge in [-0.15, -0.1) is 0 Å². The average molecular weight is 362 g/mol. The van der Waals surface area contributed by atoms with Gasteiger partial charge in [-0.25, -0.2) is 0 Å². The largest absolute Gasteiger partial charge is 0.508 e. The van der Waals surface area contributed by atoms with E-state index in [9.17, 15) is 5.11 Å². The average Bonchev–Trinajstić information content (AvgIpc) is 2.94. The first-order valence-electron chi connectivity index (χ1n) is 8.67. The highest BCUT2D eigenvalue weighted by molar-refractivity contribution is 6.30. The van der Waals surface area contributed by atoms with Gasteiger partial charge in [-0.2, -0.15) is 0 Å². The quantitative estimate of drug-likeness (QED) is 0.439. The summed E-state index contributed by atoms with van der Waals surface area (Å²) >= 11 is 6.10. The first-order valence-corrected chi connectivity index (χ1v) is 9.04. The summed E-state index contributed by atoms with van der Waals surface area (Å²) in [6, 6.07) is 21.8. The molecule has 1 heterocycles. The molecule has 3 aromatic carbocycles. The van der Waals surface area contributed by atoms with Crippen LogP contribution in [0.1, 0.15) is 33.9 Å². The summed E-state index contributed by atoms with van der Waals surface area (Å²) in [5, 5.41) is 12.4. The van der Waals surface area contributed by atoms with Gasteiger partial charge in [0.05, 0.1) is 5.92 Å². The summed E-state index contributed by atoms with van der Waals surface area (Å²) in [4.78, 5) is 3.60. The maximum atomic E-state index is 10.5. The van der Waals surface area contributed by atoms with Crippen LogP contribution in [0.3, 0.4) is 0 Å². The minimum atomic E-state index is -0.0961. The van der Waals surface area contributed by atoms with E-state index in [0.29, 0.717) is 10.8 Å². The normalized spacial score (nSPS) is 12.4. The minimum Gasteiger partial charge on any atom is -0.508 e. The minimum absolute atomic E-state index is 0.0961. The Morgan fingerprint density at radius 3 is 2.38 bits per heavy atom. The molecule has 0 bridgehead atoms. The smallest absolute Gasteiger partial charge is 0.119 e. The van der Waals surface area contributed by atoms with Crippen LogP contribution in [0.2, 0.25) is 5.02 Å². The molecule has 0 aliphatic heterocycles. The van der Waals surface area contributed by atoms with Gasteiger partial charge in [0.25, 0.3) is 0 Å². The molecule has 0 saturated heterocycles.